The first-order valence-corrected chi connectivity index (χ1v) is 14.4. The van der Waals surface area contributed by atoms with Gasteiger partial charge in [-0.3, -0.25) is 9.59 Å². The van der Waals surface area contributed by atoms with Crippen molar-refractivity contribution in [1.29, 1.82) is 0 Å². The highest BCUT2D eigenvalue weighted by molar-refractivity contribution is 5.97. The quantitative estimate of drug-likeness (QED) is 0.220. The summed E-state index contributed by atoms with van der Waals surface area (Å²) in [6.07, 6.45) is 1.16. The van der Waals surface area contributed by atoms with Crippen LogP contribution in [0.15, 0.2) is 54.6 Å². The van der Waals surface area contributed by atoms with E-state index >= 15 is 0 Å². The highest BCUT2D eigenvalue weighted by atomic mass is 19.4. The Morgan fingerprint density at radius 3 is 2.14 bits per heavy atom. The van der Waals surface area contributed by atoms with Crippen LogP contribution in [0.3, 0.4) is 0 Å². The largest absolute Gasteiger partial charge is 0.573 e. The molecule has 1 atom stereocenters. The Balaban J connectivity index is 1.35. The number of rotatable bonds is 13. The fraction of sp³-hybridized carbons (Fsp3) is 0.419. The Bertz CT molecular complexity index is 1360. The number of alkyl halides is 3. The fourth-order valence-electron chi connectivity index (χ4n) is 5.03. The Hall–Kier alpha value is -4.55. The maximum Gasteiger partial charge on any atom is 0.573 e. The molecular weight excluding hydrogens is 579 g/mol. The molecule has 0 aliphatic heterocycles. The van der Waals surface area contributed by atoms with Crippen LogP contribution in [0.5, 0.6) is 17.5 Å². The number of carbonyl (C=O) groups excluding carboxylic acids is 2. The third-order valence-electron chi connectivity index (χ3n) is 7.26. The summed E-state index contributed by atoms with van der Waals surface area (Å²) in [6.45, 7) is 0.573. The molecule has 0 saturated heterocycles. The monoisotopic (exact) mass is 615 g/mol. The predicted molar refractivity (Wildman–Crippen MR) is 158 cm³/mol. The van der Waals surface area contributed by atoms with Gasteiger partial charge in [0, 0.05) is 29.9 Å². The number of methoxy groups -OCH3 is 2. The van der Waals surface area contributed by atoms with Crippen LogP contribution in [0.2, 0.25) is 0 Å². The first-order valence-electron chi connectivity index (χ1n) is 14.4. The normalized spacial score (nSPS) is 14.3. The van der Waals surface area contributed by atoms with Crippen LogP contribution in [0, 0.1) is 5.92 Å². The van der Waals surface area contributed by atoms with Gasteiger partial charge < -0.3 is 30.2 Å². The number of nitrogens with one attached hydrogen (secondary N) is 3. The van der Waals surface area contributed by atoms with Gasteiger partial charge in [-0.15, -0.1) is 13.2 Å². The summed E-state index contributed by atoms with van der Waals surface area (Å²) >= 11 is 0. The lowest BCUT2D eigenvalue weighted by Gasteiger charge is -2.26. The standard InChI is InChI=1S/C31H36F3N5O5/c1-42-26-19-27(43-2)39-28(38-26)21-8-10-22(11-9-21)29(40)37-25(18-20-6-4-3-5-7-20)30(41)36-17-16-35-23-12-14-24(15-13-23)44-31(32,33)34/h8-15,19-20,25,35H,3-7,16-18H2,1-2H3,(H,36,41)(H,37,40)/t25-/m0/s1. The third kappa shape index (κ3) is 9.75. The van der Waals surface area contributed by atoms with Gasteiger partial charge in [-0.1, -0.05) is 44.2 Å². The van der Waals surface area contributed by atoms with Crippen molar-refractivity contribution in [2.24, 2.45) is 5.92 Å². The van der Waals surface area contributed by atoms with E-state index in [4.69, 9.17) is 9.47 Å². The molecule has 1 saturated carbocycles. The zero-order chi connectivity index (χ0) is 31.5. The van der Waals surface area contributed by atoms with Gasteiger partial charge in [0.1, 0.15) is 11.8 Å². The van der Waals surface area contributed by atoms with Crippen molar-refractivity contribution < 1.29 is 37.0 Å². The van der Waals surface area contributed by atoms with E-state index in [1.807, 2.05) is 0 Å². The van der Waals surface area contributed by atoms with Gasteiger partial charge in [0.25, 0.3) is 5.91 Å². The third-order valence-corrected chi connectivity index (χ3v) is 7.26. The second-order valence-electron chi connectivity index (χ2n) is 10.4. The van der Waals surface area contributed by atoms with Gasteiger partial charge in [0.15, 0.2) is 5.82 Å². The molecule has 4 rings (SSSR count). The van der Waals surface area contributed by atoms with E-state index in [-0.39, 0.29) is 24.1 Å². The van der Waals surface area contributed by atoms with Gasteiger partial charge in [-0.25, -0.2) is 0 Å². The number of carbonyl (C=O) groups is 2. The smallest absolute Gasteiger partial charge is 0.481 e. The van der Waals surface area contributed by atoms with Crippen LogP contribution in [0.4, 0.5) is 18.9 Å². The lowest BCUT2D eigenvalue weighted by Crippen LogP contribution is -2.48. The first-order chi connectivity index (χ1) is 21.1. The van der Waals surface area contributed by atoms with Crippen molar-refractivity contribution in [3.8, 4) is 28.9 Å². The molecular formula is C31H36F3N5O5. The molecule has 1 aliphatic rings. The first kappa shape index (κ1) is 32.4. The zero-order valence-electron chi connectivity index (χ0n) is 24.6. The van der Waals surface area contributed by atoms with Crippen molar-refractivity contribution in [3.63, 3.8) is 0 Å². The number of ether oxygens (including phenoxy) is 3. The molecule has 1 aliphatic carbocycles. The molecule has 0 radical (unpaired) electrons. The molecule has 0 unspecified atom stereocenters. The van der Waals surface area contributed by atoms with Crippen molar-refractivity contribution in [3.05, 3.63) is 60.2 Å². The molecule has 236 valence electrons. The second kappa shape index (κ2) is 15.3. The maximum atomic E-state index is 13.2. The summed E-state index contributed by atoms with van der Waals surface area (Å²) < 4.78 is 51.4. The molecule has 10 nitrogen and oxygen atoms in total. The minimum absolute atomic E-state index is 0.245. The Kier molecular flexibility index (Phi) is 11.2. The lowest BCUT2D eigenvalue weighted by molar-refractivity contribution is -0.274. The van der Waals surface area contributed by atoms with Crippen LogP contribution in [0.25, 0.3) is 11.4 Å². The molecule has 13 heteroatoms. The average Bonchev–Trinajstić information content (AvgIpc) is 3.03. The minimum Gasteiger partial charge on any atom is -0.481 e. The van der Waals surface area contributed by atoms with Crippen LogP contribution in [0.1, 0.15) is 48.9 Å². The molecule has 44 heavy (non-hydrogen) atoms. The van der Waals surface area contributed by atoms with Crippen LogP contribution < -0.4 is 30.2 Å². The molecule has 1 aromatic heterocycles. The molecule has 0 bridgehead atoms. The van der Waals surface area contributed by atoms with Crippen molar-refractivity contribution in [2.45, 2.75) is 50.9 Å². The number of aromatic nitrogens is 2. The van der Waals surface area contributed by atoms with E-state index in [9.17, 15) is 22.8 Å². The highest BCUT2D eigenvalue weighted by Crippen LogP contribution is 2.28. The van der Waals surface area contributed by atoms with Crippen LogP contribution in [-0.2, 0) is 4.79 Å². The van der Waals surface area contributed by atoms with Crippen molar-refractivity contribution >= 4 is 17.5 Å². The summed E-state index contributed by atoms with van der Waals surface area (Å²) in [5.74, 6) is 0.396. The number of anilines is 1. The summed E-state index contributed by atoms with van der Waals surface area (Å²) in [5.41, 5.74) is 1.61. The van der Waals surface area contributed by atoms with Crippen molar-refractivity contribution in [2.75, 3.05) is 32.6 Å². The molecule has 3 N–H and O–H groups in total. The fourth-order valence-corrected chi connectivity index (χ4v) is 5.03. The molecule has 0 spiro atoms. The summed E-state index contributed by atoms with van der Waals surface area (Å²) in [6, 6.07) is 12.9. The Labute approximate surface area is 253 Å². The average molecular weight is 616 g/mol. The van der Waals surface area contributed by atoms with Gasteiger partial charge in [0.2, 0.25) is 17.7 Å². The van der Waals surface area contributed by atoms with E-state index in [0.29, 0.717) is 53.3 Å². The number of hydrogen-bond donors (Lipinski definition) is 3. The number of hydrogen-bond acceptors (Lipinski definition) is 8. The van der Waals surface area contributed by atoms with Crippen LogP contribution in [-0.4, -0.2) is 61.5 Å². The molecule has 1 fully saturated rings. The number of amides is 2. The predicted octanol–water partition coefficient (Wildman–Crippen LogP) is 5.36. The van der Waals surface area contributed by atoms with E-state index < -0.39 is 12.4 Å². The zero-order valence-corrected chi connectivity index (χ0v) is 24.6. The maximum absolute atomic E-state index is 13.2. The van der Waals surface area contributed by atoms with E-state index in [2.05, 4.69) is 30.7 Å². The van der Waals surface area contributed by atoms with E-state index in [1.165, 1.54) is 44.9 Å². The molecule has 1 heterocycles. The number of halogens is 3. The van der Waals surface area contributed by atoms with Crippen molar-refractivity contribution in [1.82, 2.24) is 20.6 Å². The highest BCUT2D eigenvalue weighted by Gasteiger charge is 2.31. The summed E-state index contributed by atoms with van der Waals surface area (Å²) in [7, 11) is 2.99. The van der Waals surface area contributed by atoms with Gasteiger partial charge >= 0.3 is 6.36 Å². The van der Waals surface area contributed by atoms with Crippen LogP contribution >= 0.6 is 0 Å². The number of benzene rings is 2. The van der Waals surface area contributed by atoms with Gasteiger partial charge in [-0.05, 0) is 48.7 Å². The minimum atomic E-state index is -4.76. The lowest BCUT2D eigenvalue weighted by atomic mass is 9.84. The Morgan fingerprint density at radius 2 is 1.55 bits per heavy atom. The second-order valence-corrected chi connectivity index (χ2v) is 10.4. The summed E-state index contributed by atoms with van der Waals surface area (Å²) in [5, 5.41) is 8.82. The summed E-state index contributed by atoms with van der Waals surface area (Å²) in [4.78, 5) is 35.1. The topological polar surface area (TPSA) is 124 Å². The number of nitrogens with zero attached hydrogens (tertiary/aromatic N) is 2. The van der Waals surface area contributed by atoms with E-state index in [0.717, 1.165) is 25.7 Å². The molecule has 2 amide bonds. The van der Waals surface area contributed by atoms with Gasteiger partial charge in [-0.2, -0.15) is 9.97 Å². The van der Waals surface area contributed by atoms with Gasteiger partial charge in [0.05, 0.1) is 20.3 Å². The SMILES string of the molecule is COc1cc(OC)nc(-c2ccc(C(=O)N[C@@H](CC3CCCCC3)C(=O)NCCNc3ccc(OC(F)(F)F)cc3)cc2)n1. The Morgan fingerprint density at radius 1 is 0.909 bits per heavy atom. The molecule has 2 aromatic carbocycles. The van der Waals surface area contributed by atoms with E-state index in [1.54, 1.807) is 30.3 Å². The molecule has 3 aromatic rings.